The summed E-state index contributed by atoms with van der Waals surface area (Å²) in [4.78, 5) is 7.62. The molecule has 4 heteroatoms. The molecule has 0 atom stereocenters. The van der Waals surface area contributed by atoms with Crippen LogP contribution in [0.1, 0.15) is 31.2 Å². The SMILES string of the molecule is CC(C)c1ccc(-c2cnc(C3(C#N)COC3)[nH]2)cc1. The Kier molecular flexibility index (Phi) is 3.07. The van der Waals surface area contributed by atoms with Crippen molar-refractivity contribution in [2.45, 2.75) is 25.2 Å². The van der Waals surface area contributed by atoms with Gasteiger partial charge in [-0.05, 0) is 17.0 Å². The summed E-state index contributed by atoms with van der Waals surface area (Å²) in [6.45, 7) is 5.19. The van der Waals surface area contributed by atoms with Crippen molar-refractivity contribution in [1.29, 1.82) is 5.26 Å². The molecule has 102 valence electrons. The molecule has 0 spiro atoms. The minimum atomic E-state index is -0.587. The minimum absolute atomic E-state index is 0.419. The molecule has 20 heavy (non-hydrogen) atoms. The fraction of sp³-hybridized carbons (Fsp3) is 0.375. The van der Waals surface area contributed by atoms with Crippen LogP contribution in [-0.2, 0) is 10.2 Å². The number of nitrogens with one attached hydrogen (secondary N) is 1. The van der Waals surface area contributed by atoms with Crippen LogP contribution in [0.3, 0.4) is 0 Å². The second-order valence-corrected chi connectivity index (χ2v) is 5.61. The smallest absolute Gasteiger partial charge is 0.161 e. The van der Waals surface area contributed by atoms with Crippen LogP contribution in [0.25, 0.3) is 11.3 Å². The highest BCUT2D eigenvalue weighted by Crippen LogP contribution is 2.31. The number of rotatable bonds is 3. The average molecular weight is 267 g/mol. The van der Waals surface area contributed by atoms with Gasteiger partial charge in [0.15, 0.2) is 5.41 Å². The summed E-state index contributed by atoms with van der Waals surface area (Å²) in [5.74, 6) is 1.23. The third-order valence-corrected chi connectivity index (χ3v) is 3.83. The van der Waals surface area contributed by atoms with Crippen LogP contribution < -0.4 is 0 Å². The molecule has 0 amide bonds. The van der Waals surface area contributed by atoms with E-state index in [4.69, 9.17) is 4.74 Å². The van der Waals surface area contributed by atoms with Crippen LogP contribution >= 0.6 is 0 Å². The van der Waals surface area contributed by atoms with Gasteiger partial charge < -0.3 is 9.72 Å². The summed E-state index contributed by atoms with van der Waals surface area (Å²) in [6.07, 6.45) is 1.79. The molecule has 0 bridgehead atoms. The Morgan fingerprint density at radius 2 is 2.00 bits per heavy atom. The topological polar surface area (TPSA) is 61.7 Å². The van der Waals surface area contributed by atoms with Crippen molar-refractivity contribution in [3.8, 4) is 17.3 Å². The number of nitrogens with zero attached hydrogens (tertiary/aromatic N) is 2. The zero-order chi connectivity index (χ0) is 14.2. The van der Waals surface area contributed by atoms with E-state index in [-0.39, 0.29) is 0 Å². The number of H-pyrrole nitrogens is 1. The van der Waals surface area contributed by atoms with Gasteiger partial charge in [0, 0.05) is 0 Å². The van der Waals surface area contributed by atoms with Gasteiger partial charge in [-0.2, -0.15) is 5.26 Å². The number of hydrogen-bond donors (Lipinski definition) is 1. The molecule has 1 fully saturated rings. The standard InChI is InChI=1S/C16H17N3O/c1-11(2)12-3-5-13(6-4-12)14-7-18-15(19-14)16(8-17)9-20-10-16/h3-7,11H,9-10H2,1-2H3,(H,18,19). The molecule has 1 aliphatic heterocycles. The monoisotopic (exact) mass is 267 g/mol. The second-order valence-electron chi connectivity index (χ2n) is 5.61. The molecule has 1 aliphatic rings. The average Bonchev–Trinajstić information content (AvgIpc) is 2.88. The van der Waals surface area contributed by atoms with Crippen molar-refractivity contribution in [3.63, 3.8) is 0 Å². The molecule has 1 N–H and O–H groups in total. The van der Waals surface area contributed by atoms with E-state index in [1.807, 2.05) is 0 Å². The van der Waals surface area contributed by atoms with Gasteiger partial charge in [0.1, 0.15) is 5.82 Å². The Morgan fingerprint density at radius 3 is 2.50 bits per heavy atom. The fourth-order valence-electron chi connectivity index (χ4n) is 2.32. The summed E-state index contributed by atoms with van der Waals surface area (Å²) < 4.78 is 5.16. The Bertz CT molecular complexity index is 645. The van der Waals surface area contributed by atoms with Crippen molar-refractivity contribution < 1.29 is 4.74 Å². The Morgan fingerprint density at radius 1 is 1.30 bits per heavy atom. The van der Waals surface area contributed by atoms with Crippen molar-refractivity contribution in [2.75, 3.05) is 13.2 Å². The van der Waals surface area contributed by atoms with E-state index >= 15 is 0 Å². The number of ether oxygens (including phenoxy) is 1. The zero-order valence-corrected chi connectivity index (χ0v) is 11.7. The lowest BCUT2D eigenvalue weighted by Crippen LogP contribution is -2.46. The van der Waals surface area contributed by atoms with E-state index in [9.17, 15) is 5.26 Å². The van der Waals surface area contributed by atoms with Crippen molar-refractivity contribution in [1.82, 2.24) is 9.97 Å². The molecular formula is C16H17N3O. The fourth-order valence-corrected chi connectivity index (χ4v) is 2.32. The number of aromatic amines is 1. The van der Waals surface area contributed by atoms with E-state index in [1.165, 1.54) is 5.56 Å². The highest BCUT2D eigenvalue weighted by Gasteiger charge is 2.43. The summed E-state index contributed by atoms with van der Waals surface area (Å²) in [7, 11) is 0. The number of nitriles is 1. The van der Waals surface area contributed by atoms with Crippen LogP contribution in [0, 0.1) is 11.3 Å². The second kappa shape index (κ2) is 4.77. The van der Waals surface area contributed by atoms with Crippen molar-refractivity contribution in [3.05, 3.63) is 41.9 Å². The maximum atomic E-state index is 9.28. The van der Waals surface area contributed by atoms with Crippen LogP contribution in [0.5, 0.6) is 0 Å². The molecule has 0 saturated carbocycles. The summed E-state index contributed by atoms with van der Waals surface area (Å²) >= 11 is 0. The van der Waals surface area contributed by atoms with Crippen molar-refractivity contribution >= 4 is 0 Å². The van der Waals surface area contributed by atoms with E-state index < -0.39 is 5.41 Å². The lowest BCUT2D eigenvalue weighted by Gasteiger charge is -2.32. The predicted octanol–water partition coefficient (Wildman–Crippen LogP) is 2.99. The first-order chi connectivity index (χ1) is 9.64. The first-order valence-corrected chi connectivity index (χ1v) is 6.79. The Balaban J connectivity index is 1.89. The molecule has 3 rings (SSSR count). The molecular weight excluding hydrogens is 250 g/mol. The molecule has 0 radical (unpaired) electrons. The molecule has 4 nitrogen and oxygen atoms in total. The first-order valence-electron chi connectivity index (χ1n) is 6.79. The van der Waals surface area contributed by atoms with E-state index in [0.29, 0.717) is 25.0 Å². The number of imidazole rings is 1. The first kappa shape index (κ1) is 12.9. The molecule has 1 aromatic heterocycles. The van der Waals surface area contributed by atoms with Crippen LogP contribution in [0.2, 0.25) is 0 Å². The minimum Gasteiger partial charge on any atom is -0.377 e. The lowest BCUT2D eigenvalue weighted by molar-refractivity contribution is -0.0335. The number of benzene rings is 1. The van der Waals surface area contributed by atoms with Gasteiger partial charge in [0.25, 0.3) is 0 Å². The Hall–Kier alpha value is -2.12. The van der Waals surface area contributed by atoms with Gasteiger partial charge in [0.05, 0.1) is 31.2 Å². The third-order valence-electron chi connectivity index (χ3n) is 3.83. The molecule has 0 unspecified atom stereocenters. The van der Waals surface area contributed by atoms with Gasteiger partial charge >= 0.3 is 0 Å². The summed E-state index contributed by atoms with van der Waals surface area (Å²) in [5, 5.41) is 9.28. The zero-order valence-electron chi connectivity index (χ0n) is 11.7. The van der Waals surface area contributed by atoms with E-state index in [1.54, 1.807) is 6.20 Å². The molecule has 1 saturated heterocycles. The number of hydrogen-bond acceptors (Lipinski definition) is 3. The molecule has 1 aromatic carbocycles. The predicted molar refractivity (Wildman–Crippen MR) is 76.2 cm³/mol. The van der Waals surface area contributed by atoms with Gasteiger partial charge in [-0.3, -0.25) is 0 Å². The van der Waals surface area contributed by atoms with Crippen molar-refractivity contribution in [2.24, 2.45) is 0 Å². The van der Waals surface area contributed by atoms with E-state index in [0.717, 1.165) is 11.3 Å². The molecule has 2 heterocycles. The van der Waals surface area contributed by atoms with Gasteiger partial charge in [-0.1, -0.05) is 38.1 Å². The Labute approximate surface area is 118 Å². The normalized spacial score (nSPS) is 16.7. The largest absolute Gasteiger partial charge is 0.377 e. The number of aromatic nitrogens is 2. The van der Waals surface area contributed by atoms with E-state index in [2.05, 4.69) is 54.2 Å². The quantitative estimate of drug-likeness (QED) is 0.929. The maximum Gasteiger partial charge on any atom is 0.161 e. The lowest BCUT2D eigenvalue weighted by atomic mass is 9.87. The highest BCUT2D eigenvalue weighted by molar-refractivity contribution is 5.59. The van der Waals surface area contributed by atoms with Gasteiger partial charge in [-0.15, -0.1) is 0 Å². The highest BCUT2D eigenvalue weighted by atomic mass is 16.5. The summed E-state index contributed by atoms with van der Waals surface area (Å²) in [6, 6.07) is 10.7. The van der Waals surface area contributed by atoms with Gasteiger partial charge in [0.2, 0.25) is 0 Å². The summed E-state index contributed by atoms with van der Waals surface area (Å²) in [5.41, 5.74) is 2.75. The molecule has 0 aliphatic carbocycles. The van der Waals surface area contributed by atoms with Gasteiger partial charge in [-0.25, -0.2) is 4.98 Å². The van der Waals surface area contributed by atoms with Crippen LogP contribution in [0.4, 0.5) is 0 Å². The maximum absolute atomic E-state index is 9.28. The third kappa shape index (κ3) is 2.00. The van der Waals surface area contributed by atoms with Crippen LogP contribution in [-0.4, -0.2) is 23.2 Å². The molecule has 2 aromatic rings. The van der Waals surface area contributed by atoms with Crippen LogP contribution in [0.15, 0.2) is 30.5 Å².